The molecule has 0 saturated carbocycles. The van der Waals surface area contributed by atoms with Gasteiger partial charge in [0.25, 0.3) is 0 Å². The number of hydrogen-bond acceptors (Lipinski definition) is 8. The van der Waals surface area contributed by atoms with E-state index in [2.05, 4.69) is 8.37 Å². The highest BCUT2D eigenvalue weighted by Crippen LogP contribution is 2.15. The first-order valence-electron chi connectivity index (χ1n) is 7.30. The molecule has 2 rings (SSSR count). The van der Waals surface area contributed by atoms with E-state index in [0.717, 1.165) is 0 Å². The monoisotopic (exact) mass is 397 g/mol. The zero-order chi connectivity index (χ0) is 19.2. The predicted molar refractivity (Wildman–Crippen MR) is 91.4 cm³/mol. The molecule has 10 heteroatoms. The maximum absolute atomic E-state index is 11.9. The summed E-state index contributed by atoms with van der Waals surface area (Å²) in [4.78, 5) is 11.3. The number of rotatable bonds is 7. The van der Waals surface area contributed by atoms with Gasteiger partial charge in [-0.05, 0) is 24.3 Å². The Kier molecular flexibility index (Phi) is 6.11. The molecule has 0 aromatic heterocycles. The maximum Gasteiger partial charge on any atom is 0.341 e. The van der Waals surface area contributed by atoms with Crippen molar-refractivity contribution in [1.82, 2.24) is 0 Å². The molecule has 2 aromatic carbocycles. The van der Waals surface area contributed by atoms with Crippen molar-refractivity contribution in [3.05, 3.63) is 60.7 Å². The molecule has 1 N–H and O–H groups in total. The number of benzene rings is 2. The third-order valence-electron chi connectivity index (χ3n) is 3.03. The summed E-state index contributed by atoms with van der Waals surface area (Å²) in [5.41, 5.74) is 0. The molecule has 8 nitrogen and oxygen atoms in total. The highest BCUT2D eigenvalue weighted by Gasteiger charge is 2.22. The molecule has 0 aliphatic carbocycles. The SMILES string of the molecule is N=C(CCC(=O)OS(=O)(=O)c1ccccc1)OS(=O)(=O)c1ccccc1. The van der Waals surface area contributed by atoms with Crippen LogP contribution in [0, 0.1) is 5.41 Å². The van der Waals surface area contributed by atoms with Crippen molar-refractivity contribution in [1.29, 1.82) is 5.41 Å². The standard InChI is InChI=1S/C16H15NO7S2/c17-15(23-25(19,20)13-7-3-1-4-8-13)11-12-16(18)24-26(21,22)14-9-5-2-6-10-14/h1-10,17H,11-12H2. The van der Waals surface area contributed by atoms with Gasteiger partial charge in [0.05, 0.1) is 6.42 Å². The Balaban J connectivity index is 1.90. The molecule has 0 spiro atoms. The van der Waals surface area contributed by atoms with Crippen LogP contribution in [0.25, 0.3) is 0 Å². The van der Waals surface area contributed by atoms with Crippen molar-refractivity contribution in [3.8, 4) is 0 Å². The molecule has 0 saturated heterocycles. The van der Waals surface area contributed by atoms with Crippen molar-refractivity contribution in [3.63, 3.8) is 0 Å². The Labute approximate surface area is 151 Å². The summed E-state index contributed by atoms with van der Waals surface area (Å²) in [7, 11) is -8.45. The average molecular weight is 397 g/mol. The van der Waals surface area contributed by atoms with Gasteiger partial charge in [0, 0.05) is 6.42 Å². The van der Waals surface area contributed by atoms with Crippen LogP contribution in [0.5, 0.6) is 0 Å². The highest BCUT2D eigenvalue weighted by molar-refractivity contribution is 7.87. The molecular formula is C16H15NO7S2. The van der Waals surface area contributed by atoms with Crippen LogP contribution in [0.2, 0.25) is 0 Å². The summed E-state index contributed by atoms with van der Waals surface area (Å²) in [6.07, 6.45) is -0.968. The molecule has 0 aliphatic rings. The van der Waals surface area contributed by atoms with E-state index in [1.54, 1.807) is 12.1 Å². The van der Waals surface area contributed by atoms with Gasteiger partial charge in [0.2, 0.25) is 5.90 Å². The van der Waals surface area contributed by atoms with Crippen LogP contribution in [0.3, 0.4) is 0 Å². The lowest BCUT2D eigenvalue weighted by atomic mass is 10.3. The third kappa shape index (κ3) is 5.39. The molecule has 2 aromatic rings. The maximum atomic E-state index is 11.9. The van der Waals surface area contributed by atoms with Crippen LogP contribution in [-0.2, 0) is 33.4 Å². The normalized spacial score (nSPS) is 11.5. The number of carbonyl (C=O) groups excluding carboxylic acids is 1. The van der Waals surface area contributed by atoms with Gasteiger partial charge >= 0.3 is 26.2 Å². The molecule has 0 heterocycles. The van der Waals surface area contributed by atoms with E-state index in [1.165, 1.54) is 48.5 Å². The molecule has 0 unspecified atom stereocenters. The van der Waals surface area contributed by atoms with Crippen molar-refractivity contribution < 1.29 is 30.0 Å². The van der Waals surface area contributed by atoms with Crippen molar-refractivity contribution >= 4 is 32.1 Å². The number of nitrogens with one attached hydrogen (secondary N) is 1. The van der Waals surface area contributed by atoms with E-state index < -0.39 is 44.9 Å². The summed E-state index contributed by atoms with van der Waals surface area (Å²) < 4.78 is 56.6. The lowest BCUT2D eigenvalue weighted by Crippen LogP contribution is -2.17. The van der Waals surface area contributed by atoms with Crippen LogP contribution in [0.1, 0.15) is 12.8 Å². The van der Waals surface area contributed by atoms with E-state index >= 15 is 0 Å². The Morgan fingerprint density at radius 1 is 0.731 bits per heavy atom. The second-order valence-electron chi connectivity index (χ2n) is 5.00. The second kappa shape index (κ2) is 8.11. The Hall–Kier alpha value is -2.72. The van der Waals surface area contributed by atoms with Gasteiger partial charge in [-0.1, -0.05) is 36.4 Å². The lowest BCUT2D eigenvalue weighted by molar-refractivity contribution is -0.133. The summed E-state index contributed by atoms with van der Waals surface area (Å²) in [6, 6.07) is 14.3. The summed E-state index contributed by atoms with van der Waals surface area (Å²) >= 11 is 0. The Morgan fingerprint density at radius 3 is 1.62 bits per heavy atom. The molecule has 138 valence electrons. The molecule has 0 fully saturated rings. The average Bonchev–Trinajstić information content (AvgIpc) is 2.61. The molecular weight excluding hydrogens is 382 g/mol. The van der Waals surface area contributed by atoms with Crippen LogP contribution >= 0.6 is 0 Å². The minimum absolute atomic E-state index is 0.140. The van der Waals surface area contributed by atoms with Crippen LogP contribution < -0.4 is 0 Å². The van der Waals surface area contributed by atoms with E-state index in [9.17, 15) is 21.6 Å². The molecule has 0 atom stereocenters. The second-order valence-corrected chi connectivity index (χ2v) is 8.09. The summed E-state index contributed by atoms with van der Waals surface area (Å²) in [5, 5.41) is 7.52. The molecule has 0 radical (unpaired) electrons. The van der Waals surface area contributed by atoms with Crippen molar-refractivity contribution in [2.45, 2.75) is 22.6 Å². The minimum Gasteiger partial charge on any atom is -0.364 e. The highest BCUT2D eigenvalue weighted by atomic mass is 32.2. The summed E-state index contributed by atoms with van der Waals surface area (Å²) in [6.45, 7) is 0. The summed E-state index contributed by atoms with van der Waals surface area (Å²) in [5.74, 6) is -1.83. The first-order chi connectivity index (χ1) is 12.2. The van der Waals surface area contributed by atoms with E-state index in [1.807, 2.05) is 0 Å². The number of carbonyl (C=O) groups is 1. The molecule has 0 aliphatic heterocycles. The zero-order valence-electron chi connectivity index (χ0n) is 13.4. The topological polar surface area (TPSA) is 128 Å². The van der Waals surface area contributed by atoms with Gasteiger partial charge in [-0.15, -0.1) is 0 Å². The fraction of sp³-hybridized carbons (Fsp3) is 0.125. The molecule has 0 bridgehead atoms. The largest absolute Gasteiger partial charge is 0.364 e. The van der Waals surface area contributed by atoms with Crippen LogP contribution in [0.4, 0.5) is 0 Å². The fourth-order valence-electron chi connectivity index (χ4n) is 1.82. The van der Waals surface area contributed by atoms with Crippen molar-refractivity contribution in [2.24, 2.45) is 0 Å². The first kappa shape index (κ1) is 19.6. The van der Waals surface area contributed by atoms with E-state index in [4.69, 9.17) is 5.41 Å². The van der Waals surface area contributed by atoms with Crippen LogP contribution in [-0.4, -0.2) is 28.7 Å². The minimum atomic E-state index is -4.26. The van der Waals surface area contributed by atoms with Gasteiger partial charge < -0.3 is 8.37 Å². The Morgan fingerprint density at radius 2 is 1.15 bits per heavy atom. The predicted octanol–water partition coefficient (Wildman–Crippen LogP) is 2.08. The fourth-order valence-corrected chi connectivity index (χ4v) is 3.67. The number of hydrogen-bond donors (Lipinski definition) is 1. The van der Waals surface area contributed by atoms with Gasteiger partial charge in [-0.25, -0.2) is 0 Å². The Bertz CT molecular complexity index is 902. The molecule has 0 amide bonds. The van der Waals surface area contributed by atoms with Gasteiger partial charge in [-0.2, -0.15) is 16.8 Å². The van der Waals surface area contributed by atoms with Crippen LogP contribution in [0.15, 0.2) is 70.5 Å². The van der Waals surface area contributed by atoms with Crippen molar-refractivity contribution in [2.75, 3.05) is 0 Å². The van der Waals surface area contributed by atoms with Gasteiger partial charge in [0.1, 0.15) is 9.79 Å². The molecule has 26 heavy (non-hydrogen) atoms. The first-order valence-corrected chi connectivity index (χ1v) is 10.1. The van der Waals surface area contributed by atoms with E-state index in [-0.39, 0.29) is 9.79 Å². The lowest BCUT2D eigenvalue weighted by Gasteiger charge is -2.08. The zero-order valence-corrected chi connectivity index (χ0v) is 15.0. The van der Waals surface area contributed by atoms with Gasteiger partial charge in [-0.3, -0.25) is 10.2 Å². The van der Waals surface area contributed by atoms with E-state index in [0.29, 0.717) is 0 Å². The third-order valence-corrected chi connectivity index (χ3v) is 5.56. The van der Waals surface area contributed by atoms with Gasteiger partial charge in [0.15, 0.2) is 0 Å². The quantitative estimate of drug-likeness (QED) is 0.430. The smallest absolute Gasteiger partial charge is 0.341 e.